The Bertz CT molecular complexity index is 651. The highest BCUT2D eigenvalue weighted by molar-refractivity contribution is 7.09. The summed E-state index contributed by atoms with van der Waals surface area (Å²) in [5.41, 5.74) is 2.35. The van der Waals surface area contributed by atoms with Crippen LogP contribution in [0, 0.1) is 0 Å². The van der Waals surface area contributed by atoms with Gasteiger partial charge in [-0.1, -0.05) is 0 Å². The minimum atomic E-state index is -0.496. The molecule has 0 radical (unpaired) electrons. The molecule has 6 nitrogen and oxygen atoms in total. The zero-order valence-corrected chi connectivity index (χ0v) is 15.9. The number of thiazole rings is 1. The van der Waals surface area contributed by atoms with Crippen LogP contribution in [0.25, 0.3) is 0 Å². The van der Waals surface area contributed by atoms with Gasteiger partial charge in [-0.3, -0.25) is 4.98 Å². The average Bonchev–Trinajstić information content (AvgIpc) is 3.06. The Kier molecular flexibility index (Phi) is 6.64. The van der Waals surface area contributed by atoms with Crippen molar-refractivity contribution in [1.29, 1.82) is 0 Å². The van der Waals surface area contributed by atoms with E-state index in [4.69, 9.17) is 9.47 Å². The fraction of sp³-hybridized carbons (Fsp3) is 0.444. The largest absolute Gasteiger partial charge is 0.492 e. The van der Waals surface area contributed by atoms with E-state index in [1.807, 2.05) is 56.7 Å². The van der Waals surface area contributed by atoms with Gasteiger partial charge in [0, 0.05) is 16.8 Å². The van der Waals surface area contributed by atoms with E-state index in [0.717, 1.165) is 11.4 Å². The van der Waals surface area contributed by atoms with Crippen molar-refractivity contribution in [1.82, 2.24) is 10.3 Å². The number of nitrogens with zero attached hydrogens (tertiary/aromatic N) is 1. The van der Waals surface area contributed by atoms with Crippen LogP contribution in [0.2, 0.25) is 0 Å². The lowest BCUT2D eigenvalue weighted by molar-refractivity contribution is 0.0520. The Labute approximate surface area is 152 Å². The molecule has 0 saturated carbocycles. The van der Waals surface area contributed by atoms with Crippen LogP contribution < -0.4 is 15.4 Å². The van der Waals surface area contributed by atoms with E-state index in [2.05, 4.69) is 22.5 Å². The highest BCUT2D eigenvalue weighted by Crippen LogP contribution is 2.23. The summed E-state index contributed by atoms with van der Waals surface area (Å²) in [6.07, 6.45) is 1.44. The molecule has 0 aliphatic carbocycles. The van der Waals surface area contributed by atoms with Crippen LogP contribution in [0.5, 0.6) is 5.75 Å². The molecule has 0 spiro atoms. The topological polar surface area (TPSA) is 72.5 Å². The van der Waals surface area contributed by atoms with Gasteiger partial charge in [0.1, 0.15) is 18.0 Å². The Morgan fingerprint density at radius 1 is 1.28 bits per heavy atom. The maximum atomic E-state index is 11.5. The number of amides is 1. The van der Waals surface area contributed by atoms with Crippen LogP contribution in [-0.2, 0) is 4.74 Å². The van der Waals surface area contributed by atoms with Gasteiger partial charge in [0.25, 0.3) is 0 Å². The number of anilines is 1. The Hall–Kier alpha value is -2.28. The molecule has 1 aromatic carbocycles. The number of benzene rings is 1. The molecule has 0 fully saturated rings. The molecule has 1 atom stereocenters. The van der Waals surface area contributed by atoms with E-state index in [0.29, 0.717) is 13.2 Å². The van der Waals surface area contributed by atoms with Crippen LogP contribution in [0.4, 0.5) is 10.5 Å². The minimum absolute atomic E-state index is 0.206. The number of ether oxygens (including phenoxy) is 2. The van der Waals surface area contributed by atoms with Crippen LogP contribution in [0.3, 0.4) is 0 Å². The van der Waals surface area contributed by atoms with Crippen LogP contribution >= 0.6 is 11.3 Å². The number of rotatable bonds is 7. The van der Waals surface area contributed by atoms with Gasteiger partial charge < -0.3 is 20.1 Å². The Morgan fingerprint density at radius 2 is 2.00 bits per heavy atom. The molecule has 0 bridgehead atoms. The molecule has 0 saturated heterocycles. The third-order valence-electron chi connectivity index (χ3n) is 3.15. The quantitative estimate of drug-likeness (QED) is 0.721. The monoisotopic (exact) mass is 363 g/mol. The third-order valence-corrected chi connectivity index (χ3v) is 4.11. The first-order chi connectivity index (χ1) is 11.8. The molecule has 1 heterocycles. The van der Waals surface area contributed by atoms with Crippen molar-refractivity contribution in [3.63, 3.8) is 0 Å². The summed E-state index contributed by atoms with van der Waals surface area (Å²) in [4.78, 5) is 16.8. The normalized spacial score (nSPS) is 12.3. The first kappa shape index (κ1) is 19.1. The van der Waals surface area contributed by atoms with Crippen molar-refractivity contribution in [3.8, 4) is 5.75 Å². The van der Waals surface area contributed by atoms with Gasteiger partial charge >= 0.3 is 6.09 Å². The van der Waals surface area contributed by atoms with Gasteiger partial charge in [0.05, 0.1) is 18.1 Å². The Balaban J connectivity index is 1.71. The van der Waals surface area contributed by atoms with Crippen molar-refractivity contribution in [2.75, 3.05) is 18.5 Å². The second-order valence-corrected chi connectivity index (χ2v) is 7.49. The molecular weight excluding hydrogens is 338 g/mol. The maximum Gasteiger partial charge on any atom is 0.407 e. The lowest BCUT2D eigenvalue weighted by Gasteiger charge is -2.19. The van der Waals surface area contributed by atoms with Gasteiger partial charge in [-0.2, -0.15) is 0 Å². The predicted molar refractivity (Wildman–Crippen MR) is 100 cm³/mol. The average molecular weight is 363 g/mol. The van der Waals surface area contributed by atoms with Crippen LogP contribution in [0.15, 0.2) is 36.0 Å². The summed E-state index contributed by atoms with van der Waals surface area (Å²) in [6.45, 7) is 8.35. The number of hydrogen-bond donors (Lipinski definition) is 2. The van der Waals surface area contributed by atoms with Crippen molar-refractivity contribution >= 4 is 23.1 Å². The summed E-state index contributed by atoms with van der Waals surface area (Å²) in [6, 6.07) is 7.93. The van der Waals surface area contributed by atoms with Gasteiger partial charge in [0.15, 0.2) is 0 Å². The zero-order valence-electron chi connectivity index (χ0n) is 15.0. The van der Waals surface area contributed by atoms with E-state index < -0.39 is 11.7 Å². The molecule has 2 N–H and O–H groups in total. The molecule has 1 aromatic heterocycles. The standard InChI is InChI=1S/C18H25N3O3S/c1-13(16-11-19-12-25-16)21-14-5-7-15(8-6-14)23-10-9-20-17(22)24-18(2,3)4/h5-8,11-13,21H,9-10H2,1-4H3,(H,20,22). The fourth-order valence-electron chi connectivity index (χ4n) is 2.04. The Morgan fingerprint density at radius 3 is 2.60 bits per heavy atom. The molecule has 0 aliphatic heterocycles. The van der Waals surface area contributed by atoms with Crippen molar-refractivity contribution in [2.24, 2.45) is 0 Å². The highest BCUT2D eigenvalue weighted by atomic mass is 32.1. The molecular formula is C18H25N3O3S. The zero-order chi connectivity index (χ0) is 18.3. The lowest BCUT2D eigenvalue weighted by Crippen LogP contribution is -2.34. The molecule has 25 heavy (non-hydrogen) atoms. The summed E-state index contributed by atoms with van der Waals surface area (Å²) in [5.74, 6) is 0.752. The number of nitrogens with one attached hydrogen (secondary N) is 2. The fourth-order valence-corrected chi connectivity index (χ4v) is 2.67. The summed E-state index contributed by atoms with van der Waals surface area (Å²) < 4.78 is 10.8. The maximum absolute atomic E-state index is 11.5. The van der Waals surface area contributed by atoms with Crippen LogP contribution in [0.1, 0.15) is 38.6 Å². The smallest absolute Gasteiger partial charge is 0.407 e. The van der Waals surface area contributed by atoms with E-state index >= 15 is 0 Å². The number of carbonyl (C=O) groups is 1. The molecule has 1 unspecified atom stereocenters. The van der Waals surface area contributed by atoms with Gasteiger partial charge in [-0.25, -0.2) is 4.79 Å². The van der Waals surface area contributed by atoms with Gasteiger partial charge in [-0.15, -0.1) is 11.3 Å². The highest BCUT2D eigenvalue weighted by Gasteiger charge is 2.15. The van der Waals surface area contributed by atoms with Gasteiger partial charge in [-0.05, 0) is 52.0 Å². The van der Waals surface area contributed by atoms with E-state index in [1.165, 1.54) is 4.88 Å². The SMILES string of the molecule is CC(Nc1ccc(OCCNC(=O)OC(C)(C)C)cc1)c1cncs1. The number of alkyl carbamates (subject to hydrolysis) is 1. The van der Waals surface area contributed by atoms with Crippen LogP contribution in [-0.4, -0.2) is 29.8 Å². The number of hydrogen-bond acceptors (Lipinski definition) is 6. The second-order valence-electron chi connectivity index (χ2n) is 6.57. The van der Waals surface area contributed by atoms with Gasteiger partial charge in [0.2, 0.25) is 0 Å². The van der Waals surface area contributed by atoms with Crippen molar-refractivity contribution < 1.29 is 14.3 Å². The van der Waals surface area contributed by atoms with E-state index in [-0.39, 0.29) is 6.04 Å². The molecule has 136 valence electrons. The second kappa shape index (κ2) is 8.71. The number of aromatic nitrogens is 1. The predicted octanol–water partition coefficient (Wildman–Crippen LogP) is 4.22. The first-order valence-corrected chi connectivity index (χ1v) is 9.06. The molecule has 2 rings (SSSR count). The van der Waals surface area contributed by atoms with E-state index in [9.17, 15) is 4.79 Å². The molecule has 0 aliphatic rings. The molecule has 7 heteroatoms. The summed E-state index contributed by atoms with van der Waals surface area (Å²) in [7, 11) is 0. The third kappa shape index (κ3) is 7.01. The number of carbonyl (C=O) groups excluding carboxylic acids is 1. The summed E-state index contributed by atoms with van der Waals surface area (Å²) in [5, 5.41) is 6.08. The van der Waals surface area contributed by atoms with Crippen molar-refractivity contribution in [2.45, 2.75) is 39.3 Å². The molecule has 1 amide bonds. The molecule has 2 aromatic rings. The summed E-state index contributed by atoms with van der Waals surface area (Å²) >= 11 is 1.63. The first-order valence-electron chi connectivity index (χ1n) is 8.18. The minimum Gasteiger partial charge on any atom is -0.492 e. The van der Waals surface area contributed by atoms with E-state index in [1.54, 1.807) is 11.3 Å². The lowest BCUT2D eigenvalue weighted by atomic mass is 10.2. The van der Waals surface area contributed by atoms with Crippen molar-refractivity contribution in [3.05, 3.63) is 40.8 Å².